The largest absolute Gasteiger partial charge is 0.497 e. The van der Waals surface area contributed by atoms with Gasteiger partial charge in [0.1, 0.15) is 17.2 Å². The smallest absolute Gasteiger partial charge is 0.343 e. The fourth-order valence-corrected chi connectivity index (χ4v) is 5.11. The van der Waals surface area contributed by atoms with Gasteiger partial charge in [0.05, 0.1) is 31.8 Å². The van der Waals surface area contributed by atoms with Crippen LogP contribution in [0.4, 0.5) is 0 Å². The van der Waals surface area contributed by atoms with E-state index in [4.69, 9.17) is 18.9 Å². The number of unbranched alkanes of at least 4 members (excludes halogenated alkanes) is 6. The van der Waals surface area contributed by atoms with Crippen LogP contribution in [0.1, 0.15) is 68.1 Å². The van der Waals surface area contributed by atoms with Crippen LogP contribution in [0.15, 0.2) is 60.7 Å². The van der Waals surface area contributed by atoms with Crippen LogP contribution in [-0.2, 0) is 9.53 Å². The second-order valence-corrected chi connectivity index (χ2v) is 9.97. The summed E-state index contributed by atoms with van der Waals surface area (Å²) in [6.07, 6.45) is 14.3. The first kappa shape index (κ1) is 26.8. The highest BCUT2D eigenvalue weighted by Gasteiger charge is 2.40. The van der Waals surface area contributed by atoms with Crippen LogP contribution < -0.4 is 14.2 Å². The van der Waals surface area contributed by atoms with Crippen LogP contribution in [-0.4, -0.2) is 32.3 Å². The highest BCUT2D eigenvalue weighted by Crippen LogP contribution is 2.43. The molecule has 6 nitrogen and oxygen atoms in total. The van der Waals surface area contributed by atoms with Crippen LogP contribution in [0.3, 0.4) is 0 Å². The first-order valence-corrected chi connectivity index (χ1v) is 13.6. The third-order valence-electron chi connectivity index (χ3n) is 7.24. The highest BCUT2D eigenvalue weighted by atomic mass is 16.5. The molecular weight excluding hydrogens is 468 g/mol. The molecule has 0 aliphatic heterocycles. The Balaban J connectivity index is 0.988. The Hall–Kier alpha value is -3.28. The average Bonchev–Trinajstić information content (AvgIpc) is 3.56. The second-order valence-electron chi connectivity index (χ2n) is 9.97. The number of esters is 2. The van der Waals surface area contributed by atoms with Gasteiger partial charge in [-0.1, -0.05) is 44.3 Å². The molecular formula is C31H38O6. The number of carbonyl (C=O) groups is 2. The lowest BCUT2D eigenvalue weighted by Gasteiger charge is -2.16. The zero-order chi connectivity index (χ0) is 25.9. The van der Waals surface area contributed by atoms with E-state index in [1.165, 1.54) is 19.3 Å². The predicted molar refractivity (Wildman–Crippen MR) is 142 cm³/mol. The summed E-state index contributed by atoms with van der Waals surface area (Å²) in [6.45, 7) is 1.21. The summed E-state index contributed by atoms with van der Waals surface area (Å²) in [5, 5.41) is 0. The van der Waals surface area contributed by atoms with Crippen molar-refractivity contribution in [2.75, 3.05) is 20.3 Å². The molecule has 198 valence electrons. The van der Waals surface area contributed by atoms with Crippen molar-refractivity contribution in [2.45, 2.75) is 57.8 Å². The van der Waals surface area contributed by atoms with Gasteiger partial charge in [0.2, 0.25) is 0 Å². The molecule has 2 aromatic carbocycles. The molecule has 0 spiro atoms. The highest BCUT2D eigenvalue weighted by molar-refractivity contribution is 5.91. The third kappa shape index (κ3) is 8.11. The minimum Gasteiger partial charge on any atom is -0.497 e. The topological polar surface area (TPSA) is 71.1 Å². The van der Waals surface area contributed by atoms with E-state index in [1.54, 1.807) is 55.6 Å². The van der Waals surface area contributed by atoms with E-state index in [9.17, 15) is 9.59 Å². The molecule has 4 rings (SSSR count). The molecule has 2 aromatic rings. The van der Waals surface area contributed by atoms with Crippen molar-refractivity contribution >= 4 is 11.9 Å². The molecule has 0 heterocycles. The maximum atomic E-state index is 12.3. The first-order chi connectivity index (χ1) is 18.1. The molecule has 0 saturated heterocycles. The van der Waals surface area contributed by atoms with Crippen LogP contribution in [0.25, 0.3) is 0 Å². The van der Waals surface area contributed by atoms with Crippen molar-refractivity contribution in [2.24, 2.45) is 17.8 Å². The number of hydrogen-bond donors (Lipinski definition) is 0. The van der Waals surface area contributed by atoms with Crippen LogP contribution in [0.2, 0.25) is 0 Å². The van der Waals surface area contributed by atoms with Gasteiger partial charge in [-0.3, -0.25) is 4.79 Å². The monoisotopic (exact) mass is 506 g/mol. The van der Waals surface area contributed by atoms with E-state index in [0.29, 0.717) is 42.1 Å². The minimum atomic E-state index is -0.409. The Morgan fingerprint density at radius 3 is 1.97 bits per heavy atom. The molecule has 1 fully saturated rings. The third-order valence-corrected chi connectivity index (χ3v) is 7.24. The van der Waals surface area contributed by atoms with Gasteiger partial charge in [-0.05, 0) is 86.1 Å². The van der Waals surface area contributed by atoms with E-state index < -0.39 is 5.97 Å². The zero-order valence-electron chi connectivity index (χ0n) is 21.7. The molecule has 0 radical (unpaired) electrons. The molecule has 37 heavy (non-hydrogen) atoms. The molecule has 2 aliphatic carbocycles. The number of rotatable bonds is 15. The second kappa shape index (κ2) is 13.9. The predicted octanol–water partition coefficient (Wildman–Crippen LogP) is 6.78. The number of hydrogen-bond acceptors (Lipinski definition) is 6. The maximum Gasteiger partial charge on any atom is 0.343 e. The summed E-state index contributed by atoms with van der Waals surface area (Å²) in [5.74, 6) is 2.67. The lowest BCUT2D eigenvalue weighted by Crippen LogP contribution is -2.21. The van der Waals surface area contributed by atoms with Crippen LogP contribution >= 0.6 is 0 Å². The van der Waals surface area contributed by atoms with E-state index in [2.05, 4.69) is 12.2 Å². The normalized spacial score (nSPS) is 19.5. The van der Waals surface area contributed by atoms with Gasteiger partial charge < -0.3 is 18.9 Å². The van der Waals surface area contributed by atoms with Crippen molar-refractivity contribution < 1.29 is 28.5 Å². The number of ether oxygens (including phenoxy) is 4. The molecule has 0 amide bonds. The molecule has 3 atom stereocenters. The lowest BCUT2D eigenvalue weighted by atomic mass is 9.94. The Morgan fingerprint density at radius 1 is 0.730 bits per heavy atom. The van der Waals surface area contributed by atoms with Crippen LogP contribution in [0.5, 0.6) is 17.2 Å². The summed E-state index contributed by atoms with van der Waals surface area (Å²) in [7, 11) is 1.59. The molecule has 2 bridgehead atoms. The van der Waals surface area contributed by atoms with Gasteiger partial charge in [0.25, 0.3) is 0 Å². The van der Waals surface area contributed by atoms with Crippen molar-refractivity contribution in [3.63, 3.8) is 0 Å². The van der Waals surface area contributed by atoms with Crippen molar-refractivity contribution in [3.8, 4) is 17.2 Å². The van der Waals surface area contributed by atoms with Crippen LogP contribution in [0, 0.1) is 17.8 Å². The van der Waals surface area contributed by atoms with Gasteiger partial charge in [-0.2, -0.15) is 0 Å². The Labute approximate surface area is 219 Å². The number of fused-ring (bicyclic) bond motifs is 2. The van der Waals surface area contributed by atoms with E-state index >= 15 is 0 Å². The standard InChI is InChI=1S/C31H38O6/c1-34-26-15-17-28(18-16-26)37-30(32)24-11-13-27(14-12-24)35-19-7-5-3-2-4-6-8-20-36-31(33)29-22-23-9-10-25(29)21-23/h9-18,23,25,29H,2-8,19-22H2,1H3. The average molecular weight is 507 g/mol. The Kier molecular flexibility index (Phi) is 10.0. The maximum absolute atomic E-state index is 12.3. The first-order valence-electron chi connectivity index (χ1n) is 13.6. The lowest BCUT2D eigenvalue weighted by molar-refractivity contribution is -0.149. The van der Waals surface area contributed by atoms with Crippen molar-refractivity contribution in [1.29, 1.82) is 0 Å². The van der Waals surface area contributed by atoms with Crippen molar-refractivity contribution in [1.82, 2.24) is 0 Å². The minimum absolute atomic E-state index is 0.0139. The SMILES string of the molecule is COc1ccc(OC(=O)c2ccc(OCCCCCCCCCOC(=O)C3CC4C=CC3C4)cc2)cc1. The van der Waals surface area contributed by atoms with E-state index in [-0.39, 0.29) is 11.9 Å². The summed E-state index contributed by atoms with van der Waals surface area (Å²) in [5.41, 5.74) is 0.473. The number of benzene rings is 2. The quantitative estimate of drug-likeness (QED) is 0.115. The molecule has 2 aliphatic rings. The number of allylic oxidation sites excluding steroid dienone is 2. The van der Waals surface area contributed by atoms with Crippen molar-refractivity contribution in [3.05, 3.63) is 66.2 Å². The zero-order valence-corrected chi connectivity index (χ0v) is 21.7. The van der Waals surface area contributed by atoms with E-state index in [1.807, 2.05) is 0 Å². The molecule has 0 aromatic heterocycles. The number of methoxy groups -OCH3 is 1. The summed E-state index contributed by atoms with van der Waals surface area (Å²) in [4.78, 5) is 24.5. The van der Waals surface area contributed by atoms with Gasteiger partial charge in [-0.15, -0.1) is 0 Å². The van der Waals surface area contributed by atoms with Gasteiger partial charge >= 0.3 is 11.9 Å². The summed E-state index contributed by atoms with van der Waals surface area (Å²) >= 11 is 0. The van der Waals surface area contributed by atoms with Gasteiger partial charge in [0.15, 0.2) is 0 Å². The molecule has 1 saturated carbocycles. The molecule has 0 N–H and O–H groups in total. The number of carbonyl (C=O) groups excluding carboxylic acids is 2. The molecule has 6 heteroatoms. The fourth-order valence-electron chi connectivity index (χ4n) is 5.11. The Bertz CT molecular complexity index is 1030. The summed E-state index contributed by atoms with van der Waals surface area (Å²) < 4.78 is 21.8. The molecule has 3 unspecified atom stereocenters. The van der Waals surface area contributed by atoms with E-state index in [0.717, 1.165) is 44.3 Å². The van der Waals surface area contributed by atoms with Gasteiger partial charge in [0, 0.05) is 0 Å². The summed E-state index contributed by atoms with van der Waals surface area (Å²) in [6, 6.07) is 13.9. The fraction of sp³-hybridized carbons (Fsp3) is 0.484. The van der Waals surface area contributed by atoms with Gasteiger partial charge in [-0.25, -0.2) is 4.79 Å². The Morgan fingerprint density at radius 2 is 1.35 bits per heavy atom.